The van der Waals surface area contributed by atoms with E-state index in [0.717, 1.165) is 48.8 Å². The van der Waals surface area contributed by atoms with Crippen LogP contribution in [0.4, 0.5) is 5.82 Å². The van der Waals surface area contributed by atoms with Crippen molar-refractivity contribution in [3.8, 4) is 6.07 Å². The number of hydrogen-bond donors (Lipinski definition) is 1. The van der Waals surface area contributed by atoms with Crippen LogP contribution in [0.25, 0.3) is 0 Å². The average molecular weight is 369 g/mol. The monoisotopic (exact) mass is 368 g/mol. The van der Waals surface area contributed by atoms with Crippen molar-refractivity contribution in [3.63, 3.8) is 0 Å². The van der Waals surface area contributed by atoms with E-state index in [0.29, 0.717) is 12.1 Å². The van der Waals surface area contributed by atoms with Gasteiger partial charge in [0.2, 0.25) is 5.91 Å². The highest BCUT2D eigenvalue weighted by atomic mass is 35.5. The Morgan fingerprint density at radius 1 is 1.31 bits per heavy atom. The smallest absolute Gasteiger partial charge is 0.223 e. The number of pyridine rings is 1. The van der Waals surface area contributed by atoms with Crippen LogP contribution in [0.15, 0.2) is 42.6 Å². The maximum Gasteiger partial charge on any atom is 0.223 e. The van der Waals surface area contributed by atoms with Crippen LogP contribution >= 0.6 is 11.6 Å². The van der Waals surface area contributed by atoms with Crippen LogP contribution < -0.4 is 10.2 Å². The summed E-state index contributed by atoms with van der Waals surface area (Å²) in [5.41, 5.74) is 1.68. The molecule has 2 heterocycles. The Morgan fingerprint density at radius 2 is 2.12 bits per heavy atom. The van der Waals surface area contributed by atoms with Gasteiger partial charge in [0.1, 0.15) is 11.9 Å². The third kappa shape index (κ3) is 4.74. The summed E-state index contributed by atoms with van der Waals surface area (Å²) in [6.07, 6.45) is 3.99. The molecule has 0 atom stereocenters. The number of carbonyl (C=O) groups is 1. The van der Waals surface area contributed by atoms with Gasteiger partial charge in [-0.1, -0.05) is 23.7 Å². The maximum atomic E-state index is 12.4. The molecular weight excluding hydrogens is 348 g/mol. The number of rotatable bonds is 5. The summed E-state index contributed by atoms with van der Waals surface area (Å²) in [5.74, 6) is 1.03. The van der Waals surface area contributed by atoms with Gasteiger partial charge in [-0.15, -0.1) is 0 Å². The van der Waals surface area contributed by atoms with E-state index in [9.17, 15) is 4.79 Å². The molecule has 0 aliphatic carbocycles. The topological polar surface area (TPSA) is 69.0 Å². The van der Waals surface area contributed by atoms with Crippen LogP contribution in [0.5, 0.6) is 0 Å². The quantitative estimate of drug-likeness (QED) is 0.880. The first-order valence-electron chi connectivity index (χ1n) is 8.79. The van der Waals surface area contributed by atoms with Gasteiger partial charge >= 0.3 is 0 Å². The summed E-state index contributed by atoms with van der Waals surface area (Å²) in [6, 6.07) is 13.4. The Morgan fingerprint density at radius 3 is 2.77 bits per heavy atom. The van der Waals surface area contributed by atoms with Gasteiger partial charge in [-0.2, -0.15) is 5.26 Å². The van der Waals surface area contributed by atoms with Crippen molar-refractivity contribution in [2.75, 3.05) is 24.5 Å². The molecule has 26 heavy (non-hydrogen) atoms. The predicted molar refractivity (Wildman–Crippen MR) is 102 cm³/mol. The summed E-state index contributed by atoms with van der Waals surface area (Å²) in [4.78, 5) is 18.9. The maximum absolute atomic E-state index is 12.4. The number of benzene rings is 1. The first-order valence-corrected chi connectivity index (χ1v) is 9.17. The Bertz CT molecular complexity index is 792. The van der Waals surface area contributed by atoms with E-state index in [1.807, 2.05) is 30.3 Å². The first-order chi connectivity index (χ1) is 12.7. The number of anilines is 1. The number of amides is 1. The average Bonchev–Trinajstić information content (AvgIpc) is 2.68. The molecular formula is C20H21ClN4O. The highest BCUT2D eigenvalue weighted by molar-refractivity contribution is 6.30. The molecule has 1 aliphatic heterocycles. The van der Waals surface area contributed by atoms with Crippen molar-refractivity contribution in [3.05, 3.63) is 58.7 Å². The molecule has 1 aromatic heterocycles. The molecule has 1 aromatic carbocycles. The minimum atomic E-state index is 0.0454. The van der Waals surface area contributed by atoms with Crippen molar-refractivity contribution in [1.82, 2.24) is 10.3 Å². The molecule has 1 fully saturated rings. The van der Waals surface area contributed by atoms with Crippen LogP contribution in [0.3, 0.4) is 0 Å². The van der Waals surface area contributed by atoms with Gasteiger partial charge in [-0.3, -0.25) is 4.79 Å². The summed E-state index contributed by atoms with van der Waals surface area (Å²) >= 11 is 5.98. The zero-order valence-corrected chi connectivity index (χ0v) is 15.2. The van der Waals surface area contributed by atoms with Gasteiger partial charge in [0.15, 0.2) is 0 Å². The lowest BCUT2D eigenvalue weighted by molar-refractivity contribution is -0.125. The van der Waals surface area contributed by atoms with Gasteiger partial charge in [0.05, 0.1) is 5.56 Å². The molecule has 0 saturated carbocycles. The van der Waals surface area contributed by atoms with Gasteiger partial charge in [0, 0.05) is 36.8 Å². The second-order valence-corrected chi connectivity index (χ2v) is 6.89. The number of nitrogens with one attached hydrogen (secondary N) is 1. The number of halogens is 1. The van der Waals surface area contributed by atoms with E-state index < -0.39 is 0 Å². The third-order valence-electron chi connectivity index (χ3n) is 4.67. The minimum Gasteiger partial charge on any atom is -0.357 e. The summed E-state index contributed by atoms with van der Waals surface area (Å²) in [6.45, 7) is 2.22. The fourth-order valence-electron chi connectivity index (χ4n) is 3.18. The highest BCUT2D eigenvalue weighted by Gasteiger charge is 2.25. The molecule has 1 N–H and O–H groups in total. The second kappa shape index (κ2) is 8.68. The summed E-state index contributed by atoms with van der Waals surface area (Å²) in [7, 11) is 0. The van der Waals surface area contributed by atoms with Crippen LogP contribution in [-0.4, -0.2) is 30.5 Å². The molecule has 0 unspecified atom stereocenters. The Balaban J connectivity index is 1.43. The molecule has 5 nitrogen and oxygen atoms in total. The minimum absolute atomic E-state index is 0.0454. The normalized spacial score (nSPS) is 14.7. The standard InChI is InChI=1S/C20H21ClN4O/c21-18-3-1-2-15(12-18)6-9-23-20(26)17-7-10-25(11-8-17)19-5-4-16(13-22)14-24-19/h1-5,12,14,17H,6-11H2,(H,23,26). The second-order valence-electron chi connectivity index (χ2n) is 6.45. The van der Waals surface area contributed by atoms with Gasteiger partial charge < -0.3 is 10.2 Å². The van der Waals surface area contributed by atoms with Gasteiger partial charge in [-0.25, -0.2) is 4.98 Å². The molecule has 0 radical (unpaired) electrons. The molecule has 0 spiro atoms. The van der Waals surface area contributed by atoms with Crippen LogP contribution in [0.2, 0.25) is 5.02 Å². The summed E-state index contributed by atoms with van der Waals surface area (Å²) in [5, 5.41) is 12.6. The fourth-order valence-corrected chi connectivity index (χ4v) is 3.39. The lowest BCUT2D eigenvalue weighted by Crippen LogP contribution is -2.41. The number of hydrogen-bond acceptors (Lipinski definition) is 4. The number of nitrogens with zero attached hydrogens (tertiary/aromatic N) is 3. The Hall–Kier alpha value is -2.58. The first kappa shape index (κ1) is 18.2. The van der Waals surface area contributed by atoms with Crippen molar-refractivity contribution in [1.29, 1.82) is 5.26 Å². The summed E-state index contributed by atoms with van der Waals surface area (Å²) < 4.78 is 0. The zero-order valence-electron chi connectivity index (χ0n) is 14.5. The van der Waals surface area contributed by atoms with E-state index in [2.05, 4.69) is 21.3 Å². The third-order valence-corrected chi connectivity index (χ3v) is 4.90. The van der Waals surface area contributed by atoms with Gasteiger partial charge in [-0.05, 0) is 49.1 Å². The van der Waals surface area contributed by atoms with Crippen LogP contribution in [0, 0.1) is 17.2 Å². The lowest BCUT2D eigenvalue weighted by atomic mass is 9.96. The van der Waals surface area contributed by atoms with E-state index in [4.69, 9.17) is 16.9 Å². The zero-order chi connectivity index (χ0) is 18.4. The Labute approximate surface area is 158 Å². The molecule has 134 valence electrons. The Kier molecular flexibility index (Phi) is 6.08. The molecule has 2 aromatic rings. The molecule has 1 saturated heterocycles. The number of aromatic nitrogens is 1. The van der Waals surface area contributed by atoms with Crippen LogP contribution in [0.1, 0.15) is 24.0 Å². The van der Waals surface area contributed by atoms with E-state index in [-0.39, 0.29) is 11.8 Å². The van der Waals surface area contributed by atoms with Crippen molar-refractivity contribution >= 4 is 23.3 Å². The van der Waals surface area contributed by atoms with Crippen molar-refractivity contribution in [2.24, 2.45) is 5.92 Å². The fraction of sp³-hybridized carbons (Fsp3) is 0.350. The number of piperidine rings is 1. The SMILES string of the molecule is N#Cc1ccc(N2CCC(C(=O)NCCc3cccc(Cl)c3)CC2)nc1. The predicted octanol–water partition coefficient (Wildman–Crippen LogP) is 3.18. The lowest BCUT2D eigenvalue weighted by Gasteiger charge is -2.32. The van der Waals surface area contributed by atoms with E-state index in [1.54, 1.807) is 12.3 Å². The van der Waals surface area contributed by atoms with E-state index >= 15 is 0 Å². The van der Waals surface area contributed by atoms with E-state index in [1.165, 1.54) is 0 Å². The highest BCUT2D eigenvalue weighted by Crippen LogP contribution is 2.22. The van der Waals surface area contributed by atoms with Gasteiger partial charge in [0.25, 0.3) is 0 Å². The van der Waals surface area contributed by atoms with Crippen molar-refractivity contribution < 1.29 is 4.79 Å². The number of nitriles is 1. The number of carbonyl (C=O) groups excluding carboxylic acids is 1. The van der Waals surface area contributed by atoms with Crippen LogP contribution in [-0.2, 0) is 11.2 Å². The molecule has 1 amide bonds. The largest absolute Gasteiger partial charge is 0.357 e. The molecule has 3 rings (SSSR count). The molecule has 0 bridgehead atoms. The molecule has 6 heteroatoms. The van der Waals surface area contributed by atoms with Crippen molar-refractivity contribution in [2.45, 2.75) is 19.3 Å². The molecule has 1 aliphatic rings.